The molecule has 0 atom stereocenters. The van der Waals surface area contributed by atoms with Crippen LogP contribution in [-0.4, -0.2) is 146 Å². The summed E-state index contributed by atoms with van der Waals surface area (Å²) in [5.74, 6) is -0.301. The summed E-state index contributed by atoms with van der Waals surface area (Å²) in [6.07, 6.45) is 0.840. The highest BCUT2D eigenvalue weighted by Crippen LogP contribution is 2.37. The van der Waals surface area contributed by atoms with E-state index < -0.39 is 133 Å². The lowest BCUT2D eigenvalue weighted by Crippen LogP contribution is -2.51. The first-order valence-electron chi connectivity index (χ1n) is 31.4. The van der Waals surface area contributed by atoms with Gasteiger partial charge in [0.05, 0.1) is 6.61 Å². The van der Waals surface area contributed by atoms with Crippen molar-refractivity contribution >= 4 is 139 Å². The zero-order valence-electron chi connectivity index (χ0n) is 59.8. The number of rotatable bonds is 42. The van der Waals surface area contributed by atoms with E-state index in [4.69, 9.17) is 37.7 Å². The Morgan fingerprint density at radius 2 is 0.388 bits per heavy atom. The van der Waals surface area contributed by atoms with Gasteiger partial charge in [0.25, 0.3) is 0 Å². The molecule has 0 radical (unpaired) electrons. The van der Waals surface area contributed by atoms with Crippen LogP contribution >= 0.6 is 0 Å². The number of carbonyl (C=O) groups excluding carboxylic acids is 1. The topological polar surface area (TPSA) is 100 Å². The van der Waals surface area contributed by atoms with E-state index >= 15 is 0 Å². The van der Waals surface area contributed by atoms with Gasteiger partial charge < -0.3 is 37.7 Å². The Kier molecular flexibility index (Phi) is 31.8. The van der Waals surface area contributed by atoms with E-state index in [1.54, 1.807) is 6.92 Å². The number of esters is 1. The molecule has 0 saturated carbocycles. The van der Waals surface area contributed by atoms with E-state index in [1.165, 1.54) is 60.4 Å². The highest BCUT2D eigenvalue weighted by molar-refractivity contribution is 6.93. The Labute approximate surface area is 516 Å². The van der Waals surface area contributed by atoms with Crippen molar-refractivity contribution in [2.75, 3.05) is 6.61 Å². The molecule has 0 aromatic carbocycles. The fraction of sp³-hybridized carbons (Fsp3) is 0.944. The summed E-state index contributed by atoms with van der Waals surface area (Å²) >= 11 is 0. The molecule has 0 aromatic rings. The van der Waals surface area contributed by atoms with Crippen LogP contribution in [0.1, 0.15) is 13.3 Å². The van der Waals surface area contributed by atoms with Gasteiger partial charge in [-0.15, -0.1) is 0 Å². The second-order valence-electron chi connectivity index (χ2n) is 34.8. The summed E-state index contributed by atoms with van der Waals surface area (Å²) in [5, 5.41) is 0. The summed E-state index contributed by atoms with van der Waals surface area (Å²) in [5.41, 5.74) is 0.453. The van der Waals surface area contributed by atoms with Crippen molar-refractivity contribution in [3.63, 3.8) is 0 Å². The summed E-state index contributed by atoms with van der Waals surface area (Å²) in [4.78, 5) is 11.8. The Morgan fingerprint density at radius 3 is 0.525 bits per heavy atom. The van der Waals surface area contributed by atoms with E-state index in [-0.39, 0.29) is 5.97 Å². The zero-order chi connectivity index (χ0) is 63.5. The molecular formula is C54H138O10Si16. The van der Waals surface area contributed by atoms with Crippen LogP contribution in [0.3, 0.4) is 0 Å². The first kappa shape index (κ1) is 82.4. The predicted molar refractivity (Wildman–Crippen MR) is 397 cm³/mol. The van der Waals surface area contributed by atoms with Crippen molar-refractivity contribution in [1.29, 1.82) is 0 Å². The lowest BCUT2D eigenvalue weighted by atomic mass is 10.4. The van der Waals surface area contributed by atoms with Crippen LogP contribution in [0.4, 0.5) is 0 Å². The third kappa shape index (κ3) is 40.8. The van der Waals surface area contributed by atoms with Crippen LogP contribution in [0.25, 0.3) is 0 Å². The highest BCUT2D eigenvalue weighted by Gasteiger charge is 2.45. The van der Waals surface area contributed by atoms with Gasteiger partial charge in [-0.2, -0.15) is 0 Å². The number of hydrogen-bond acceptors (Lipinski definition) is 10. The second-order valence-corrected chi connectivity index (χ2v) is 106. The van der Waals surface area contributed by atoms with Gasteiger partial charge in [-0.3, -0.25) is 0 Å². The Morgan fingerprint density at radius 1 is 0.250 bits per heavy atom. The maximum atomic E-state index is 11.8. The highest BCUT2D eigenvalue weighted by atomic mass is 28.5. The molecule has 0 heterocycles. The molecule has 0 aliphatic carbocycles. The fourth-order valence-electron chi connectivity index (χ4n) is 11.8. The van der Waals surface area contributed by atoms with Crippen LogP contribution in [0, 0.1) is 0 Å². The molecule has 26 heteroatoms. The van der Waals surface area contributed by atoms with Gasteiger partial charge in [0.1, 0.15) is 0 Å². The molecule has 0 N–H and O–H groups in total. The monoisotopic (exact) mass is 1390 g/mol. The van der Waals surface area contributed by atoms with E-state index in [9.17, 15) is 4.79 Å². The van der Waals surface area contributed by atoms with Crippen molar-refractivity contribution in [1.82, 2.24) is 0 Å². The van der Waals surface area contributed by atoms with Crippen molar-refractivity contribution in [2.24, 2.45) is 0 Å². The molecule has 0 amide bonds. The Bertz CT molecular complexity index is 1910. The smallest absolute Gasteiger partial charge is 0.333 e. The van der Waals surface area contributed by atoms with Gasteiger partial charge in [0, 0.05) is 5.57 Å². The zero-order valence-corrected chi connectivity index (χ0v) is 75.8. The van der Waals surface area contributed by atoms with Gasteiger partial charge in [0.2, 0.25) is 0 Å². The van der Waals surface area contributed by atoms with E-state index in [1.807, 2.05) is 0 Å². The number of hydrogen-bond donors (Lipinski definition) is 0. The van der Waals surface area contributed by atoms with Crippen LogP contribution in [-0.2, 0) is 42.5 Å². The van der Waals surface area contributed by atoms with Crippen molar-refractivity contribution < 1.29 is 42.5 Å². The molecule has 0 aliphatic rings. The van der Waals surface area contributed by atoms with E-state index in [0.29, 0.717) is 12.2 Å². The minimum absolute atomic E-state index is 0.301. The lowest BCUT2D eigenvalue weighted by Gasteiger charge is -2.41. The molecule has 0 saturated heterocycles. The molecule has 80 heavy (non-hydrogen) atoms. The predicted octanol–water partition coefficient (Wildman–Crippen LogP) is 20.5. The van der Waals surface area contributed by atoms with Crippen LogP contribution in [0.5, 0.6) is 0 Å². The third-order valence-electron chi connectivity index (χ3n) is 15.3. The third-order valence-corrected chi connectivity index (χ3v) is 76.3. The van der Waals surface area contributed by atoms with Gasteiger partial charge in [-0.05, 0) is 320 Å². The Balaban J connectivity index is 5.26. The summed E-state index contributed by atoms with van der Waals surface area (Å²) in [6, 6.07) is 17.4. The maximum absolute atomic E-state index is 11.8. The van der Waals surface area contributed by atoms with Crippen molar-refractivity contribution in [2.45, 2.75) is 320 Å². The largest absolute Gasteiger partial charge is 0.462 e. The van der Waals surface area contributed by atoms with Crippen LogP contribution in [0.15, 0.2) is 12.2 Å². The van der Waals surface area contributed by atoms with Crippen LogP contribution < -0.4 is 0 Å². The molecular weight excluding hydrogens is 1260 g/mol. The minimum Gasteiger partial charge on any atom is -0.462 e. The first-order valence-corrected chi connectivity index (χ1v) is 81.5. The van der Waals surface area contributed by atoms with E-state index in [0.717, 1.165) is 36.6 Å². The maximum Gasteiger partial charge on any atom is 0.333 e. The van der Waals surface area contributed by atoms with E-state index in [2.05, 4.69) is 223 Å². The molecule has 0 spiro atoms. The SMILES string of the molecule is C=C(C)C(=O)OCCC[Si](C)(C)O[Si](C)(C)CC[Si](C)(C)O[Si](C)(C)CC[Si](C)(C)O[Si](C)(C)CC[Si](C)(C)O[Si](C)(C)CC[Si](C)(C)O[Si](C)(C)CC[Si](C)(C)O[Si](C)(C)CC[Si](C)(C)O[Si](C)(C)CC[Si](C)(C)O[Si](C)(C)C. The van der Waals surface area contributed by atoms with Gasteiger partial charge in [-0.1, -0.05) is 6.58 Å². The van der Waals surface area contributed by atoms with Gasteiger partial charge >= 0.3 is 5.97 Å². The fourth-order valence-corrected chi connectivity index (χ4v) is 101. The molecule has 0 unspecified atom stereocenters. The molecule has 0 rings (SSSR count). The minimum atomic E-state index is -1.92. The first-order chi connectivity index (χ1) is 34.9. The average Bonchev–Trinajstić information content (AvgIpc) is 3.17. The van der Waals surface area contributed by atoms with Gasteiger partial charge in [0.15, 0.2) is 133 Å². The van der Waals surface area contributed by atoms with Gasteiger partial charge in [-0.25, -0.2) is 4.79 Å². The molecule has 0 fully saturated rings. The standard InChI is InChI=1S/C54H138O10Si16/c1-53(2)54(55)56-37-36-38-66(6,7)58-68(10,11)41-42-70(14,15)60-72(18,19)45-46-74(22,23)62-76(26,27)49-50-78(30,31)64-80(34,35)52-51-79(32,33)63-77(28,29)48-47-75(24,25)61-73(20,21)44-43-71(16,17)59-69(12,13)40-39-67(8,9)57-65(3,4)5/h1,36-52H2,2-35H3. The normalized spacial score (nSPS) is 15.2. The summed E-state index contributed by atoms with van der Waals surface area (Å²) in [6.45, 7) is 86.1. The average molecular weight is 1400 g/mol. The molecule has 10 nitrogen and oxygen atoms in total. The lowest BCUT2D eigenvalue weighted by molar-refractivity contribution is -0.138. The quantitative estimate of drug-likeness (QED) is 0.0254. The molecule has 0 bridgehead atoms. The molecule has 0 aromatic heterocycles. The number of ether oxygens (including phenoxy) is 1. The van der Waals surface area contributed by atoms with Crippen molar-refractivity contribution in [3.05, 3.63) is 12.2 Å². The molecule has 0 aliphatic heterocycles. The Hall–Kier alpha value is 2.36. The van der Waals surface area contributed by atoms with Crippen LogP contribution in [0.2, 0.25) is 307 Å². The number of carbonyl (C=O) groups is 1. The summed E-state index contributed by atoms with van der Waals surface area (Å²) in [7, 11) is -29.7. The second kappa shape index (κ2) is 30.9. The molecule has 478 valence electrons. The summed E-state index contributed by atoms with van der Waals surface area (Å²) < 4.78 is 62.8. The van der Waals surface area contributed by atoms with Crippen molar-refractivity contribution in [3.8, 4) is 0 Å².